The summed E-state index contributed by atoms with van der Waals surface area (Å²) in [5.74, 6) is 2.08. The molecule has 4 aromatic rings. The number of aromatic nitrogens is 1. The average Bonchev–Trinajstić information content (AvgIpc) is 3.36. The van der Waals surface area contributed by atoms with Crippen molar-refractivity contribution in [1.82, 2.24) is 4.98 Å². The predicted octanol–water partition coefficient (Wildman–Crippen LogP) is 5.54. The van der Waals surface area contributed by atoms with Gasteiger partial charge >= 0.3 is 0 Å². The van der Waals surface area contributed by atoms with Crippen molar-refractivity contribution in [2.45, 2.75) is 20.3 Å². The molecule has 192 valence electrons. The highest BCUT2D eigenvalue weighted by Crippen LogP contribution is 2.31. The van der Waals surface area contributed by atoms with E-state index in [0.717, 1.165) is 22.6 Å². The van der Waals surface area contributed by atoms with E-state index in [-0.39, 0.29) is 30.4 Å². The summed E-state index contributed by atoms with van der Waals surface area (Å²) in [6.07, 6.45) is 0.0405. The van der Waals surface area contributed by atoms with E-state index in [1.54, 1.807) is 38.5 Å². The number of hydrogen-bond acceptors (Lipinski definition) is 7. The van der Waals surface area contributed by atoms with Crippen LogP contribution in [0.2, 0.25) is 0 Å². The molecule has 2 N–H and O–H groups in total. The fraction of sp³-hybridized carbons (Fsp3) is 0.207. The molecule has 3 aromatic carbocycles. The molecule has 0 unspecified atom stereocenters. The lowest BCUT2D eigenvalue weighted by Crippen LogP contribution is -2.12. The molecule has 1 heterocycles. The predicted molar refractivity (Wildman–Crippen MR) is 142 cm³/mol. The summed E-state index contributed by atoms with van der Waals surface area (Å²) in [7, 11) is 3.32. The second-order valence-corrected chi connectivity index (χ2v) is 8.05. The third-order valence-corrected chi connectivity index (χ3v) is 5.35. The van der Waals surface area contributed by atoms with Gasteiger partial charge in [-0.15, -0.1) is 0 Å². The number of carbonyl (C=O) groups excluding carboxylic acids is 2. The first-order valence-corrected chi connectivity index (χ1v) is 11.6. The molecule has 0 radical (unpaired) electrons. The molecule has 0 saturated heterocycles. The summed E-state index contributed by atoms with van der Waals surface area (Å²) in [5.41, 5.74) is 3.42. The Morgan fingerprint density at radius 1 is 0.946 bits per heavy atom. The maximum absolute atomic E-state index is 12.0. The van der Waals surface area contributed by atoms with Crippen LogP contribution < -0.4 is 14.8 Å². The Bertz CT molecular complexity index is 1330. The molecule has 0 bridgehead atoms. The molecule has 0 aliphatic rings. The molecule has 0 aliphatic heterocycles. The van der Waals surface area contributed by atoms with E-state index in [1.165, 1.54) is 6.92 Å². The Kier molecular flexibility index (Phi) is 9.57. The van der Waals surface area contributed by atoms with Crippen molar-refractivity contribution >= 4 is 17.4 Å². The van der Waals surface area contributed by atoms with Gasteiger partial charge in [-0.2, -0.15) is 0 Å². The molecule has 0 fully saturated rings. The van der Waals surface area contributed by atoms with Gasteiger partial charge in [-0.1, -0.05) is 18.2 Å². The Morgan fingerprint density at radius 3 is 2.22 bits per heavy atom. The van der Waals surface area contributed by atoms with Crippen molar-refractivity contribution in [1.29, 1.82) is 0 Å². The largest absolute Gasteiger partial charge is 0.497 e. The van der Waals surface area contributed by atoms with Gasteiger partial charge in [0.2, 0.25) is 11.8 Å². The summed E-state index contributed by atoms with van der Waals surface area (Å²) < 4.78 is 16.0. The van der Waals surface area contributed by atoms with Gasteiger partial charge < -0.3 is 24.3 Å². The Labute approximate surface area is 215 Å². The zero-order chi connectivity index (χ0) is 26.8. The number of rotatable bonds is 8. The van der Waals surface area contributed by atoms with Crippen molar-refractivity contribution in [3.63, 3.8) is 0 Å². The minimum absolute atomic E-state index is 0.0405. The standard InChI is InChI=1S/C20H18N2O4.C9H12O2/c1-13(24)18-19(26-20(22-18)15-5-3-2-4-6-15)14-7-9-16(10-8-14)21-17(25)11-12-23;1-7-6-8(10-2)4-5-9(7)11-3/h2-10,23H,11-12H2,1H3,(H,21,25);4-6H,1-3H3. The van der Waals surface area contributed by atoms with Crippen LogP contribution in [-0.4, -0.2) is 42.6 Å². The van der Waals surface area contributed by atoms with Gasteiger partial charge in [-0.05, 0) is 67.1 Å². The number of anilines is 1. The first-order valence-electron chi connectivity index (χ1n) is 11.6. The van der Waals surface area contributed by atoms with Gasteiger partial charge in [0.1, 0.15) is 11.5 Å². The number of nitrogens with one attached hydrogen (secondary N) is 1. The highest BCUT2D eigenvalue weighted by molar-refractivity contribution is 5.98. The van der Waals surface area contributed by atoms with E-state index >= 15 is 0 Å². The van der Waals surface area contributed by atoms with Crippen LogP contribution in [0.5, 0.6) is 11.5 Å². The van der Waals surface area contributed by atoms with Crippen molar-refractivity contribution in [3.8, 4) is 34.3 Å². The van der Waals surface area contributed by atoms with Crippen LogP contribution in [0.15, 0.2) is 77.2 Å². The van der Waals surface area contributed by atoms with E-state index in [2.05, 4.69) is 10.3 Å². The van der Waals surface area contributed by atoms with E-state index in [9.17, 15) is 9.59 Å². The second-order valence-electron chi connectivity index (χ2n) is 8.05. The summed E-state index contributed by atoms with van der Waals surface area (Å²) in [5, 5.41) is 11.5. The molecule has 1 aromatic heterocycles. The van der Waals surface area contributed by atoms with E-state index < -0.39 is 0 Å². The van der Waals surface area contributed by atoms with E-state index in [1.807, 2.05) is 55.5 Å². The van der Waals surface area contributed by atoms with Crippen LogP contribution in [0.25, 0.3) is 22.8 Å². The number of ether oxygens (including phenoxy) is 2. The highest BCUT2D eigenvalue weighted by atomic mass is 16.5. The zero-order valence-electron chi connectivity index (χ0n) is 21.3. The molecule has 8 nitrogen and oxygen atoms in total. The number of carbonyl (C=O) groups is 2. The Morgan fingerprint density at radius 2 is 1.65 bits per heavy atom. The molecule has 37 heavy (non-hydrogen) atoms. The molecular formula is C29H30N2O6. The number of oxazole rings is 1. The van der Waals surface area contributed by atoms with Gasteiger partial charge in [0.15, 0.2) is 17.2 Å². The summed E-state index contributed by atoms with van der Waals surface area (Å²) >= 11 is 0. The number of benzene rings is 3. The van der Waals surface area contributed by atoms with Gasteiger partial charge in [-0.25, -0.2) is 4.98 Å². The minimum Gasteiger partial charge on any atom is -0.497 e. The lowest BCUT2D eigenvalue weighted by atomic mass is 10.1. The van der Waals surface area contributed by atoms with Crippen LogP contribution in [0.4, 0.5) is 5.69 Å². The molecule has 0 aliphatic carbocycles. The Hall–Kier alpha value is -4.43. The van der Waals surface area contributed by atoms with Gasteiger partial charge in [0.25, 0.3) is 0 Å². The molecular weight excluding hydrogens is 472 g/mol. The molecule has 8 heteroatoms. The number of hydrogen-bond donors (Lipinski definition) is 2. The molecule has 0 spiro atoms. The molecule has 1 amide bonds. The highest BCUT2D eigenvalue weighted by Gasteiger charge is 2.19. The number of Topliss-reactive ketones (excluding diaryl/α,β-unsaturated/α-hetero) is 1. The summed E-state index contributed by atoms with van der Waals surface area (Å²) in [6.45, 7) is 3.23. The lowest BCUT2D eigenvalue weighted by Gasteiger charge is -2.05. The van der Waals surface area contributed by atoms with Crippen molar-refractivity contribution in [2.24, 2.45) is 0 Å². The lowest BCUT2D eigenvalue weighted by molar-refractivity contribution is -0.116. The number of amides is 1. The first-order chi connectivity index (χ1) is 17.9. The number of nitrogens with zero attached hydrogens (tertiary/aromatic N) is 1. The number of aliphatic hydroxyl groups excluding tert-OH is 1. The number of aliphatic hydroxyl groups is 1. The van der Waals surface area contributed by atoms with Gasteiger partial charge in [0, 0.05) is 23.7 Å². The third kappa shape index (κ3) is 7.28. The maximum Gasteiger partial charge on any atom is 0.227 e. The quantitative estimate of drug-likeness (QED) is 0.304. The number of ketones is 1. The van der Waals surface area contributed by atoms with Crippen molar-refractivity contribution < 1.29 is 28.6 Å². The monoisotopic (exact) mass is 502 g/mol. The average molecular weight is 503 g/mol. The van der Waals surface area contributed by atoms with Gasteiger partial charge in [-0.3, -0.25) is 9.59 Å². The normalized spacial score (nSPS) is 10.2. The smallest absolute Gasteiger partial charge is 0.227 e. The zero-order valence-corrected chi connectivity index (χ0v) is 21.3. The number of methoxy groups -OCH3 is 2. The van der Waals surface area contributed by atoms with Crippen molar-refractivity contribution in [3.05, 3.63) is 84.1 Å². The summed E-state index contributed by atoms with van der Waals surface area (Å²) in [4.78, 5) is 27.8. The summed E-state index contributed by atoms with van der Waals surface area (Å²) in [6, 6.07) is 22.0. The van der Waals surface area contributed by atoms with Crippen LogP contribution in [0.3, 0.4) is 0 Å². The van der Waals surface area contributed by atoms with E-state index in [4.69, 9.17) is 19.0 Å². The topological polar surface area (TPSA) is 111 Å². The maximum atomic E-state index is 12.0. The first kappa shape index (κ1) is 27.2. The fourth-order valence-electron chi connectivity index (χ4n) is 3.47. The third-order valence-electron chi connectivity index (χ3n) is 5.35. The Balaban J connectivity index is 0.000000289. The second kappa shape index (κ2) is 13.0. The molecule has 0 saturated carbocycles. The van der Waals surface area contributed by atoms with Crippen LogP contribution >= 0.6 is 0 Å². The van der Waals surface area contributed by atoms with Crippen molar-refractivity contribution in [2.75, 3.05) is 26.1 Å². The van der Waals surface area contributed by atoms with Gasteiger partial charge in [0.05, 0.1) is 27.2 Å². The van der Waals surface area contributed by atoms with Crippen LogP contribution in [-0.2, 0) is 4.79 Å². The van der Waals surface area contributed by atoms with Crippen LogP contribution in [0.1, 0.15) is 29.4 Å². The molecule has 0 atom stereocenters. The van der Waals surface area contributed by atoms with E-state index in [0.29, 0.717) is 22.9 Å². The molecule has 4 rings (SSSR count). The minimum atomic E-state index is -0.268. The SMILES string of the molecule is CC(=O)c1nc(-c2ccccc2)oc1-c1ccc(NC(=O)CCO)cc1.COc1ccc(OC)c(C)c1. The fourth-order valence-corrected chi connectivity index (χ4v) is 3.47. The number of aryl methyl sites for hydroxylation is 1. The van der Waals surface area contributed by atoms with Crippen LogP contribution in [0, 0.1) is 6.92 Å².